The average Bonchev–Trinajstić information content (AvgIpc) is 1.84. The van der Waals surface area contributed by atoms with Crippen molar-refractivity contribution in [2.45, 2.75) is 27.2 Å². The van der Waals surface area contributed by atoms with E-state index in [0.29, 0.717) is 5.41 Å². The molecule has 0 aromatic carbocycles. The molecule has 0 N–H and O–H groups in total. The van der Waals surface area contributed by atoms with Gasteiger partial charge in [-0.1, -0.05) is 20.8 Å². The molecule has 1 unspecified atom stereocenters. The average molecular weight is 192 g/mol. The molecule has 0 radical (unpaired) electrons. The van der Waals surface area contributed by atoms with Gasteiger partial charge in [-0.3, -0.25) is 0 Å². The Bertz CT molecular complexity index is 110. The number of ether oxygens (including phenoxy) is 1. The second-order valence-corrected chi connectivity index (χ2v) is 5.96. The van der Waals surface area contributed by atoms with Crippen LogP contribution < -0.4 is 0 Å². The first-order valence-electron chi connectivity index (χ1n) is 4.29. The lowest BCUT2D eigenvalue weighted by Gasteiger charge is -2.19. The van der Waals surface area contributed by atoms with Crippen LogP contribution >= 0.6 is 8.15 Å². The van der Waals surface area contributed by atoms with Crippen molar-refractivity contribution in [1.29, 1.82) is 0 Å². The maximum absolute atomic E-state index is 5.60. The lowest BCUT2D eigenvalue weighted by Crippen LogP contribution is -2.08. The molecule has 0 bridgehead atoms. The summed E-state index contributed by atoms with van der Waals surface area (Å²) in [5.41, 5.74) is 0.378. The maximum Gasteiger partial charge on any atom is 0.0900 e. The van der Waals surface area contributed by atoms with Gasteiger partial charge >= 0.3 is 0 Å². The molecular weight excluding hydrogens is 171 g/mol. The lowest BCUT2D eigenvalue weighted by atomic mass is 9.93. The van der Waals surface area contributed by atoms with E-state index in [0.717, 1.165) is 19.4 Å². The molecule has 1 atom stereocenters. The molecule has 0 spiro atoms. The molecule has 0 heterocycles. The van der Waals surface area contributed by atoms with Crippen molar-refractivity contribution in [2.24, 2.45) is 5.41 Å². The summed E-state index contributed by atoms with van der Waals surface area (Å²) in [5, 5.41) is 0. The Morgan fingerprint density at radius 1 is 1.25 bits per heavy atom. The quantitative estimate of drug-likeness (QED) is 0.623. The number of methoxy groups -OCH3 is 1. The van der Waals surface area contributed by atoms with Crippen molar-refractivity contribution in [1.82, 2.24) is 0 Å². The van der Waals surface area contributed by atoms with E-state index in [1.54, 1.807) is 7.11 Å². The van der Waals surface area contributed by atoms with Crippen LogP contribution in [0, 0.1) is 5.41 Å². The normalized spacial score (nSPS) is 14.8. The molecule has 0 aromatic heterocycles. The molecule has 0 aliphatic rings. The smallest absolute Gasteiger partial charge is 0.0900 e. The van der Waals surface area contributed by atoms with Crippen molar-refractivity contribution < 1.29 is 9.26 Å². The third-order valence-electron chi connectivity index (χ3n) is 1.47. The predicted octanol–water partition coefficient (Wildman–Crippen LogP) is 3.07. The SMILES string of the molecule is COCP(C)OCCC(C)(C)C. The Balaban J connectivity index is 3.31. The lowest BCUT2D eigenvalue weighted by molar-refractivity contribution is 0.223. The van der Waals surface area contributed by atoms with Gasteiger partial charge in [-0.2, -0.15) is 0 Å². The van der Waals surface area contributed by atoms with Gasteiger partial charge in [0.05, 0.1) is 21.1 Å². The fourth-order valence-electron chi connectivity index (χ4n) is 0.727. The highest BCUT2D eigenvalue weighted by Gasteiger charge is 2.10. The molecule has 0 aromatic rings. The molecule has 0 saturated carbocycles. The van der Waals surface area contributed by atoms with Crippen LogP contribution in [0.2, 0.25) is 0 Å². The first-order chi connectivity index (χ1) is 5.45. The highest BCUT2D eigenvalue weighted by atomic mass is 31.1. The number of hydrogen-bond acceptors (Lipinski definition) is 2. The summed E-state index contributed by atoms with van der Waals surface area (Å²) in [4.78, 5) is 0. The molecule has 0 aliphatic heterocycles. The van der Waals surface area contributed by atoms with Crippen LogP contribution in [0.1, 0.15) is 27.2 Å². The van der Waals surface area contributed by atoms with E-state index in [1.807, 2.05) is 0 Å². The second kappa shape index (κ2) is 5.90. The van der Waals surface area contributed by atoms with Crippen molar-refractivity contribution in [3.05, 3.63) is 0 Å². The number of rotatable bonds is 5. The monoisotopic (exact) mass is 192 g/mol. The minimum absolute atomic E-state index is 0.356. The van der Waals surface area contributed by atoms with Gasteiger partial charge in [0.15, 0.2) is 0 Å². The van der Waals surface area contributed by atoms with Crippen molar-refractivity contribution in [2.75, 3.05) is 26.7 Å². The van der Waals surface area contributed by atoms with Gasteiger partial charge in [0.2, 0.25) is 0 Å². The van der Waals surface area contributed by atoms with Crippen LogP contribution in [0.15, 0.2) is 0 Å². The van der Waals surface area contributed by atoms with E-state index in [2.05, 4.69) is 27.4 Å². The van der Waals surface area contributed by atoms with E-state index in [-0.39, 0.29) is 8.15 Å². The van der Waals surface area contributed by atoms with Gasteiger partial charge in [0, 0.05) is 7.11 Å². The van der Waals surface area contributed by atoms with E-state index < -0.39 is 0 Å². The first kappa shape index (κ1) is 12.3. The van der Waals surface area contributed by atoms with Gasteiger partial charge in [-0.25, -0.2) is 0 Å². The Labute approximate surface area is 77.5 Å². The van der Waals surface area contributed by atoms with Gasteiger partial charge in [-0.05, 0) is 18.5 Å². The van der Waals surface area contributed by atoms with Crippen LogP contribution in [0.5, 0.6) is 0 Å². The number of hydrogen-bond donors (Lipinski definition) is 0. The van der Waals surface area contributed by atoms with Gasteiger partial charge in [-0.15, -0.1) is 0 Å². The van der Waals surface area contributed by atoms with E-state index in [1.165, 1.54) is 0 Å². The molecule has 0 saturated heterocycles. The van der Waals surface area contributed by atoms with Crippen LogP contribution in [-0.2, 0) is 9.26 Å². The summed E-state index contributed by atoms with van der Waals surface area (Å²) in [5.74, 6) is 0. The first-order valence-corrected chi connectivity index (χ1v) is 6.18. The second-order valence-electron chi connectivity index (χ2n) is 4.19. The molecule has 2 nitrogen and oxygen atoms in total. The standard InChI is InChI=1S/C9H21O2P/c1-9(2,3)6-7-11-12(5)8-10-4/h6-8H2,1-5H3. The topological polar surface area (TPSA) is 18.5 Å². The molecule has 3 heteroatoms. The van der Waals surface area contributed by atoms with E-state index in [4.69, 9.17) is 9.26 Å². The van der Waals surface area contributed by atoms with Crippen LogP contribution in [0.25, 0.3) is 0 Å². The minimum Gasteiger partial charge on any atom is -0.378 e. The summed E-state index contributed by atoms with van der Waals surface area (Å²) >= 11 is 0. The zero-order valence-corrected chi connectivity index (χ0v) is 9.78. The maximum atomic E-state index is 5.60. The molecule has 0 fully saturated rings. The Kier molecular flexibility index (Phi) is 6.08. The third-order valence-corrected chi connectivity index (χ3v) is 2.72. The largest absolute Gasteiger partial charge is 0.378 e. The Hall–Kier alpha value is 0.350. The minimum atomic E-state index is -0.356. The zero-order chi connectivity index (χ0) is 9.61. The third kappa shape index (κ3) is 8.45. The molecule has 74 valence electrons. The fraction of sp³-hybridized carbons (Fsp3) is 1.00. The van der Waals surface area contributed by atoms with Crippen LogP contribution in [0.4, 0.5) is 0 Å². The molecular formula is C9H21O2P. The highest BCUT2D eigenvalue weighted by Crippen LogP contribution is 2.32. The van der Waals surface area contributed by atoms with E-state index in [9.17, 15) is 0 Å². The Morgan fingerprint density at radius 3 is 2.25 bits per heavy atom. The highest BCUT2D eigenvalue weighted by molar-refractivity contribution is 7.51. The summed E-state index contributed by atoms with van der Waals surface area (Å²) in [6.07, 6.45) is 1.86. The molecule has 12 heavy (non-hydrogen) atoms. The summed E-state index contributed by atoms with van der Waals surface area (Å²) < 4.78 is 10.6. The molecule has 0 rings (SSSR count). The van der Waals surface area contributed by atoms with Crippen LogP contribution in [-0.4, -0.2) is 26.7 Å². The van der Waals surface area contributed by atoms with Crippen molar-refractivity contribution in [3.8, 4) is 0 Å². The summed E-state index contributed by atoms with van der Waals surface area (Å²) in [6.45, 7) is 9.64. The molecule has 0 aliphatic carbocycles. The summed E-state index contributed by atoms with van der Waals surface area (Å²) in [7, 11) is 1.36. The Morgan fingerprint density at radius 2 is 1.83 bits per heavy atom. The zero-order valence-electron chi connectivity index (χ0n) is 8.89. The summed E-state index contributed by atoms with van der Waals surface area (Å²) in [6, 6.07) is 0. The van der Waals surface area contributed by atoms with E-state index >= 15 is 0 Å². The van der Waals surface area contributed by atoms with Gasteiger partial charge in [0.1, 0.15) is 0 Å². The van der Waals surface area contributed by atoms with Crippen molar-refractivity contribution >= 4 is 8.15 Å². The predicted molar refractivity (Wildman–Crippen MR) is 54.7 cm³/mol. The molecule has 0 amide bonds. The van der Waals surface area contributed by atoms with Gasteiger partial charge in [0.25, 0.3) is 0 Å². The van der Waals surface area contributed by atoms with Crippen molar-refractivity contribution in [3.63, 3.8) is 0 Å². The van der Waals surface area contributed by atoms with Gasteiger partial charge < -0.3 is 9.26 Å². The van der Waals surface area contributed by atoms with Crippen LogP contribution in [0.3, 0.4) is 0 Å². The fourth-order valence-corrected chi connectivity index (χ4v) is 1.57.